The molecule has 0 aliphatic carbocycles. The van der Waals surface area contributed by atoms with Crippen LogP contribution in [0.25, 0.3) is 10.2 Å². The monoisotopic (exact) mass is 401 g/mol. The van der Waals surface area contributed by atoms with E-state index in [0.29, 0.717) is 16.4 Å². The van der Waals surface area contributed by atoms with E-state index in [1.807, 2.05) is 12.1 Å². The van der Waals surface area contributed by atoms with Crippen LogP contribution < -0.4 is 15.4 Å². The fraction of sp³-hybridized carbons (Fsp3) is 0.250. The van der Waals surface area contributed by atoms with Gasteiger partial charge in [-0.15, -0.1) is 0 Å². The number of para-hydroxylation sites is 1. The minimum absolute atomic E-state index is 0.106. The van der Waals surface area contributed by atoms with Gasteiger partial charge in [0.2, 0.25) is 5.91 Å². The Kier molecular flexibility index (Phi) is 5.89. The number of aromatic nitrogens is 1. The molecule has 0 saturated heterocycles. The van der Waals surface area contributed by atoms with E-state index in [9.17, 15) is 14.0 Å². The quantitative estimate of drug-likeness (QED) is 0.658. The number of carbonyl (C=O) groups is 2. The highest BCUT2D eigenvalue weighted by Gasteiger charge is 2.26. The topological polar surface area (TPSA) is 80.3 Å². The molecule has 2 amide bonds. The number of rotatable bonds is 6. The molecule has 0 aliphatic heterocycles. The first kappa shape index (κ1) is 19.8. The fourth-order valence-corrected chi connectivity index (χ4v) is 3.61. The Morgan fingerprint density at radius 1 is 1.14 bits per heavy atom. The van der Waals surface area contributed by atoms with Gasteiger partial charge in [-0.3, -0.25) is 9.59 Å². The van der Waals surface area contributed by atoms with Gasteiger partial charge in [0.05, 0.1) is 17.4 Å². The number of fused-ring (bicyclic) bond motifs is 1. The lowest BCUT2D eigenvalue weighted by Gasteiger charge is -2.21. The van der Waals surface area contributed by atoms with E-state index < -0.39 is 23.7 Å². The van der Waals surface area contributed by atoms with Crippen molar-refractivity contribution < 1.29 is 18.7 Å². The van der Waals surface area contributed by atoms with Crippen molar-refractivity contribution in [3.8, 4) is 5.75 Å². The van der Waals surface area contributed by atoms with Gasteiger partial charge in [-0.1, -0.05) is 43.4 Å². The van der Waals surface area contributed by atoms with Crippen molar-refractivity contribution >= 4 is 38.5 Å². The number of amides is 2. The van der Waals surface area contributed by atoms with Crippen LogP contribution in [0, 0.1) is 11.7 Å². The zero-order valence-corrected chi connectivity index (χ0v) is 16.5. The number of nitrogens with zero attached hydrogens (tertiary/aromatic N) is 1. The van der Waals surface area contributed by atoms with Crippen LogP contribution in [0.2, 0.25) is 0 Å². The molecular weight excluding hydrogens is 381 g/mol. The molecule has 1 atom stereocenters. The molecule has 8 heteroatoms. The van der Waals surface area contributed by atoms with Crippen LogP contribution >= 0.6 is 11.3 Å². The molecule has 6 nitrogen and oxygen atoms in total. The largest absolute Gasteiger partial charge is 0.494 e. The highest BCUT2D eigenvalue weighted by atomic mass is 32.1. The van der Waals surface area contributed by atoms with Crippen molar-refractivity contribution in [1.82, 2.24) is 10.3 Å². The number of anilines is 1. The number of hydrogen-bond acceptors (Lipinski definition) is 5. The lowest BCUT2D eigenvalue weighted by atomic mass is 10.0. The van der Waals surface area contributed by atoms with Crippen molar-refractivity contribution in [1.29, 1.82) is 0 Å². The van der Waals surface area contributed by atoms with Gasteiger partial charge in [0, 0.05) is 0 Å². The highest BCUT2D eigenvalue weighted by molar-refractivity contribution is 7.22. The van der Waals surface area contributed by atoms with E-state index in [1.165, 1.54) is 29.5 Å². The Morgan fingerprint density at radius 2 is 1.89 bits per heavy atom. The Bertz CT molecular complexity index is 1020. The van der Waals surface area contributed by atoms with E-state index in [2.05, 4.69) is 15.6 Å². The van der Waals surface area contributed by atoms with Crippen molar-refractivity contribution in [3.05, 3.63) is 53.8 Å². The predicted octanol–water partition coefficient (Wildman–Crippen LogP) is 3.84. The molecule has 0 aliphatic rings. The van der Waals surface area contributed by atoms with Gasteiger partial charge in [0.15, 0.2) is 5.13 Å². The third-order valence-corrected chi connectivity index (χ3v) is 5.12. The summed E-state index contributed by atoms with van der Waals surface area (Å²) < 4.78 is 20.0. The first-order valence-electron chi connectivity index (χ1n) is 8.70. The van der Waals surface area contributed by atoms with Crippen LogP contribution in [0.15, 0.2) is 42.5 Å². The summed E-state index contributed by atoms with van der Waals surface area (Å²) in [5.41, 5.74) is 0.549. The van der Waals surface area contributed by atoms with Crippen molar-refractivity contribution in [3.63, 3.8) is 0 Å². The maximum Gasteiger partial charge on any atom is 0.254 e. The van der Waals surface area contributed by atoms with Crippen LogP contribution in [-0.2, 0) is 4.79 Å². The lowest BCUT2D eigenvalue weighted by molar-refractivity contribution is -0.118. The molecule has 1 aromatic heterocycles. The Balaban J connectivity index is 1.78. The summed E-state index contributed by atoms with van der Waals surface area (Å²) in [6.07, 6.45) is 0. The molecule has 3 aromatic rings. The third kappa shape index (κ3) is 4.12. The number of carbonyl (C=O) groups excluding carboxylic acids is 2. The summed E-state index contributed by atoms with van der Waals surface area (Å²) in [5.74, 6) is -1.29. The molecule has 2 N–H and O–H groups in total. The Labute approximate surface area is 165 Å². The van der Waals surface area contributed by atoms with Gasteiger partial charge < -0.3 is 15.4 Å². The van der Waals surface area contributed by atoms with Crippen molar-refractivity contribution in [2.75, 3.05) is 12.4 Å². The summed E-state index contributed by atoms with van der Waals surface area (Å²) in [6.45, 7) is 3.60. The highest BCUT2D eigenvalue weighted by Crippen LogP contribution is 2.32. The molecule has 0 bridgehead atoms. The molecule has 0 fully saturated rings. The number of methoxy groups -OCH3 is 1. The van der Waals surface area contributed by atoms with Gasteiger partial charge >= 0.3 is 0 Å². The third-order valence-electron chi connectivity index (χ3n) is 4.19. The molecule has 3 rings (SSSR count). The summed E-state index contributed by atoms with van der Waals surface area (Å²) in [7, 11) is 1.55. The predicted molar refractivity (Wildman–Crippen MR) is 107 cm³/mol. The van der Waals surface area contributed by atoms with Crippen LogP contribution in [0.4, 0.5) is 9.52 Å². The van der Waals surface area contributed by atoms with Crippen molar-refractivity contribution in [2.24, 2.45) is 5.92 Å². The number of halogens is 1. The number of ether oxygens (including phenoxy) is 1. The van der Waals surface area contributed by atoms with Gasteiger partial charge in [0.25, 0.3) is 5.91 Å². The van der Waals surface area contributed by atoms with E-state index >= 15 is 0 Å². The average molecular weight is 401 g/mol. The Hall–Kier alpha value is -3.00. The second-order valence-electron chi connectivity index (χ2n) is 6.49. The smallest absolute Gasteiger partial charge is 0.254 e. The average Bonchev–Trinajstić information content (AvgIpc) is 3.08. The van der Waals surface area contributed by atoms with E-state index in [-0.39, 0.29) is 11.5 Å². The fourth-order valence-electron chi connectivity index (χ4n) is 2.72. The maximum atomic E-state index is 13.8. The standard InChI is InChI=1S/C20H20FN3O3S/c1-11(2)16(22-18(25)12-7-4-5-8-13(12)21)19(26)24-20-23-17-14(27-3)9-6-10-15(17)28-20/h4-11,16H,1-3H3,(H,22,25)(H,23,24,26)/t16-/m0/s1. The second-order valence-corrected chi connectivity index (χ2v) is 7.52. The molecule has 146 valence electrons. The minimum Gasteiger partial charge on any atom is -0.494 e. The number of nitrogens with one attached hydrogen (secondary N) is 2. The van der Waals surface area contributed by atoms with Crippen molar-refractivity contribution in [2.45, 2.75) is 19.9 Å². The summed E-state index contributed by atoms with van der Waals surface area (Å²) in [6, 6.07) is 10.3. The normalized spacial score (nSPS) is 12.0. The van der Waals surface area contributed by atoms with Gasteiger partial charge in [0.1, 0.15) is 23.1 Å². The summed E-state index contributed by atoms with van der Waals surface area (Å²) in [5, 5.41) is 5.75. The molecular formula is C20H20FN3O3S. The number of thiazole rings is 1. The van der Waals surface area contributed by atoms with E-state index in [4.69, 9.17) is 4.74 Å². The Morgan fingerprint density at radius 3 is 2.57 bits per heavy atom. The van der Waals surface area contributed by atoms with Crippen LogP contribution in [-0.4, -0.2) is 29.9 Å². The summed E-state index contributed by atoms with van der Waals surface area (Å²) in [4.78, 5) is 29.6. The molecule has 2 aromatic carbocycles. The van der Waals surface area contributed by atoms with Gasteiger partial charge in [-0.05, 0) is 30.2 Å². The number of benzene rings is 2. The van der Waals surface area contributed by atoms with Crippen LogP contribution in [0.5, 0.6) is 5.75 Å². The first-order valence-corrected chi connectivity index (χ1v) is 9.52. The zero-order chi connectivity index (χ0) is 20.3. The van der Waals surface area contributed by atoms with Gasteiger partial charge in [-0.25, -0.2) is 9.37 Å². The molecule has 0 spiro atoms. The van der Waals surface area contributed by atoms with E-state index in [0.717, 1.165) is 4.70 Å². The molecule has 0 saturated carbocycles. The van der Waals surface area contributed by atoms with Crippen LogP contribution in [0.3, 0.4) is 0 Å². The molecule has 1 heterocycles. The van der Waals surface area contributed by atoms with E-state index in [1.54, 1.807) is 33.1 Å². The second kappa shape index (κ2) is 8.35. The van der Waals surface area contributed by atoms with Crippen LogP contribution in [0.1, 0.15) is 24.2 Å². The zero-order valence-electron chi connectivity index (χ0n) is 15.7. The first-order chi connectivity index (χ1) is 13.4. The summed E-state index contributed by atoms with van der Waals surface area (Å²) >= 11 is 1.31. The molecule has 28 heavy (non-hydrogen) atoms. The lowest BCUT2D eigenvalue weighted by Crippen LogP contribution is -2.47. The number of hydrogen-bond donors (Lipinski definition) is 2. The SMILES string of the molecule is COc1cccc2sc(NC(=O)[C@@H](NC(=O)c3ccccc3F)C(C)C)nc12. The van der Waals surface area contributed by atoms with Gasteiger partial charge in [-0.2, -0.15) is 0 Å². The minimum atomic E-state index is -0.846. The maximum absolute atomic E-state index is 13.8. The molecule has 0 radical (unpaired) electrons. The molecule has 0 unspecified atom stereocenters.